The molecule has 6 heteroatoms. The summed E-state index contributed by atoms with van der Waals surface area (Å²) < 4.78 is 13.6. The zero-order chi connectivity index (χ0) is 56.1. The predicted molar refractivity (Wildman–Crippen MR) is 352 cm³/mol. The zero-order valence-corrected chi connectivity index (χ0v) is 46.6. The Labute approximate surface area is 489 Å². The topological polar surface area (TPSA) is 53.7 Å². The van der Waals surface area contributed by atoms with Crippen molar-refractivity contribution >= 4 is 87.4 Å². The number of furan rings is 1. The lowest BCUT2D eigenvalue weighted by Gasteiger charge is -2.21. The third-order valence-corrected chi connectivity index (χ3v) is 18.2. The Hall–Kier alpha value is -11.1. The molecule has 85 heavy (non-hydrogen) atoms. The number of benzene rings is 12. The molecule has 398 valence electrons. The summed E-state index contributed by atoms with van der Waals surface area (Å²) in [5, 5.41) is 9.21. The Bertz CT molecular complexity index is 5550. The molecule has 0 saturated heterocycles. The van der Waals surface area contributed by atoms with Gasteiger partial charge in [-0.25, -0.2) is 9.97 Å². The van der Waals surface area contributed by atoms with Crippen LogP contribution in [-0.4, -0.2) is 23.7 Å². The van der Waals surface area contributed by atoms with Crippen molar-refractivity contribution in [3.05, 3.63) is 284 Å². The molecule has 17 aromatic rings. The van der Waals surface area contributed by atoms with Gasteiger partial charge >= 0.3 is 0 Å². The summed E-state index contributed by atoms with van der Waals surface area (Å²) in [4.78, 5) is 10.9. The van der Waals surface area contributed by atoms with Crippen LogP contribution in [0, 0.1) is 0 Å². The molecule has 5 heterocycles. The van der Waals surface area contributed by atoms with Gasteiger partial charge in [0, 0.05) is 71.0 Å². The van der Waals surface area contributed by atoms with Crippen molar-refractivity contribution in [2.45, 2.75) is 19.3 Å². The number of fused-ring (bicyclic) bond motifs is 15. The standard InChI is InChI=1S/C79H51N5O/c1-79(2)66-35-31-50(52-33-37-71-61(42-52)64-46-77-65(57-28-16-18-30-76(57)85-77)45-74(64)83(71)55-25-13-6-14-26-55)39-58(66)59-40-51(32-36-67(59)79)53-34-38-72-60(41-53)63-44-73-62(56-27-15-17-29-70(56)82(73)54-23-11-5-12-24-54)43-75(63)84(72)78-80-68(48-19-7-3-8-20-48)47-69(81-78)49-21-9-4-10-22-49/h3-47H,1-2H3. The van der Waals surface area contributed by atoms with Crippen LogP contribution in [0.3, 0.4) is 0 Å². The van der Waals surface area contributed by atoms with E-state index in [-0.39, 0.29) is 5.41 Å². The van der Waals surface area contributed by atoms with Gasteiger partial charge in [0.2, 0.25) is 5.95 Å². The average molecular weight is 1090 g/mol. The highest BCUT2D eigenvalue weighted by atomic mass is 16.3. The first-order valence-electron chi connectivity index (χ1n) is 29.2. The van der Waals surface area contributed by atoms with Crippen LogP contribution in [0.2, 0.25) is 0 Å². The highest BCUT2D eigenvalue weighted by Crippen LogP contribution is 2.52. The molecule has 0 spiro atoms. The molecule has 18 rings (SSSR count). The van der Waals surface area contributed by atoms with E-state index in [2.05, 4.69) is 294 Å². The fourth-order valence-corrected chi connectivity index (χ4v) is 14.2. The van der Waals surface area contributed by atoms with Crippen LogP contribution in [0.15, 0.2) is 277 Å². The van der Waals surface area contributed by atoms with E-state index in [1.54, 1.807) is 0 Å². The molecular formula is C79H51N5O. The van der Waals surface area contributed by atoms with Gasteiger partial charge in [0.25, 0.3) is 0 Å². The minimum absolute atomic E-state index is 0.195. The summed E-state index contributed by atoms with van der Waals surface area (Å²) in [6.45, 7) is 4.74. The van der Waals surface area contributed by atoms with E-state index in [4.69, 9.17) is 14.4 Å². The van der Waals surface area contributed by atoms with E-state index in [1.165, 1.54) is 49.5 Å². The first-order chi connectivity index (χ1) is 41.9. The summed E-state index contributed by atoms with van der Waals surface area (Å²) in [5.74, 6) is 0.621. The Morgan fingerprint density at radius 1 is 0.282 bits per heavy atom. The number of rotatable bonds is 7. The second-order valence-electron chi connectivity index (χ2n) is 23.3. The first-order valence-corrected chi connectivity index (χ1v) is 29.2. The van der Waals surface area contributed by atoms with Crippen molar-refractivity contribution in [2.24, 2.45) is 0 Å². The van der Waals surface area contributed by atoms with Gasteiger partial charge in [-0.3, -0.25) is 4.57 Å². The van der Waals surface area contributed by atoms with Gasteiger partial charge in [-0.05, 0) is 148 Å². The van der Waals surface area contributed by atoms with Crippen molar-refractivity contribution in [1.29, 1.82) is 0 Å². The normalized spacial score (nSPS) is 12.9. The zero-order valence-electron chi connectivity index (χ0n) is 46.6. The van der Waals surface area contributed by atoms with Gasteiger partial charge in [-0.15, -0.1) is 0 Å². The lowest BCUT2D eigenvalue weighted by atomic mass is 9.82. The van der Waals surface area contributed by atoms with Crippen LogP contribution in [-0.2, 0) is 5.41 Å². The minimum Gasteiger partial charge on any atom is -0.456 e. The van der Waals surface area contributed by atoms with Crippen molar-refractivity contribution in [1.82, 2.24) is 23.7 Å². The molecule has 0 fully saturated rings. The molecule has 1 aliphatic carbocycles. The van der Waals surface area contributed by atoms with E-state index < -0.39 is 0 Å². The SMILES string of the molecule is CC1(C)c2ccc(-c3ccc4c(c3)c3cc5oc6ccccc6c5cc3n4-c3ccccc3)cc2-c2cc(-c3ccc4c(c3)c3cc5c(cc3n4-c3nc(-c4ccccc4)cc(-c4ccccc4)n3)c3ccccc3n5-c3ccccc3)ccc21. The average Bonchev–Trinajstić information content (AvgIpc) is 1.72. The lowest BCUT2D eigenvalue weighted by Crippen LogP contribution is -2.14. The summed E-state index contributed by atoms with van der Waals surface area (Å²) in [5.41, 5.74) is 24.2. The van der Waals surface area contributed by atoms with E-state index in [9.17, 15) is 0 Å². The second-order valence-corrected chi connectivity index (χ2v) is 23.3. The van der Waals surface area contributed by atoms with Crippen LogP contribution >= 0.6 is 0 Å². The fourth-order valence-electron chi connectivity index (χ4n) is 14.2. The third-order valence-electron chi connectivity index (χ3n) is 18.2. The van der Waals surface area contributed by atoms with Gasteiger partial charge in [-0.2, -0.15) is 0 Å². The van der Waals surface area contributed by atoms with Crippen LogP contribution in [0.4, 0.5) is 0 Å². The summed E-state index contributed by atoms with van der Waals surface area (Å²) >= 11 is 0. The first kappa shape index (κ1) is 47.5. The molecule has 0 amide bonds. The van der Waals surface area contributed by atoms with E-state index in [0.717, 1.165) is 116 Å². The van der Waals surface area contributed by atoms with Crippen LogP contribution in [0.25, 0.3) is 161 Å². The lowest BCUT2D eigenvalue weighted by molar-refractivity contribution is 0.660. The number of para-hydroxylation sites is 4. The molecule has 5 aromatic heterocycles. The van der Waals surface area contributed by atoms with E-state index in [0.29, 0.717) is 5.95 Å². The quantitative estimate of drug-likeness (QED) is 0.160. The maximum Gasteiger partial charge on any atom is 0.235 e. The Morgan fingerprint density at radius 3 is 1.27 bits per heavy atom. The summed E-state index contributed by atoms with van der Waals surface area (Å²) in [6, 6.07) is 99.1. The van der Waals surface area contributed by atoms with E-state index >= 15 is 0 Å². The number of aromatic nitrogens is 5. The molecular weight excluding hydrogens is 1030 g/mol. The molecule has 0 atom stereocenters. The number of hydrogen-bond acceptors (Lipinski definition) is 3. The monoisotopic (exact) mass is 1090 g/mol. The van der Waals surface area contributed by atoms with E-state index in [1.807, 2.05) is 6.07 Å². The van der Waals surface area contributed by atoms with Crippen molar-refractivity contribution in [2.75, 3.05) is 0 Å². The van der Waals surface area contributed by atoms with Gasteiger partial charge in [0.05, 0.1) is 44.5 Å². The van der Waals surface area contributed by atoms with Crippen molar-refractivity contribution in [3.8, 4) is 73.2 Å². The maximum atomic E-state index is 6.51. The van der Waals surface area contributed by atoms with Gasteiger partial charge in [0.1, 0.15) is 11.2 Å². The number of hydrogen-bond donors (Lipinski definition) is 0. The largest absolute Gasteiger partial charge is 0.456 e. The summed E-state index contributed by atoms with van der Waals surface area (Å²) in [7, 11) is 0. The van der Waals surface area contributed by atoms with Gasteiger partial charge in [0.15, 0.2) is 0 Å². The molecule has 0 saturated carbocycles. The smallest absolute Gasteiger partial charge is 0.235 e. The predicted octanol–water partition coefficient (Wildman–Crippen LogP) is 20.6. The summed E-state index contributed by atoms with van der Waals surface area (Å²) in [6.07, 6.45) is 0. The van der Waals surface area contributed by atoms with Crippen LogP contribution in [0.5, 0.6) is 0 Å². The molecule has 0 bridgehead atoms. The molecule has 0 N–H and O–H groups in total. The Kier molecular flexibility index (Phi) is 10.0. The molecule has 0 aliphatic heterocycles. The van der Waals surface area contributed by atoms with Gasteiger partial charge < -0.3 is 13.6 Å². The molecule has 0 radical (unpaired) electrons. The highest BCUT2D eigenvalue weighted by Gasteiger charge is 2.36. The minimum atomic E-state index is -0.195. The molecule has 0 unspecified atom stereocenters. The van der Waals surface area contributed by atoms with Crippen molar-refractivity contribution in [3.63, 3.8) is 0 Å². The van der Waals surface area contributed by atoms with Crippen molar-refractivity contribution < 1.29 is 4.42 Å². The molecule has 12 aromatic carbocycles. The molecule has 1 aliphatic rings. The van der Waals surface area contributed by atoms with Gasteiger partial charge in [-0.1, -0.05) is 184 Å². The van der Waals surface area contributed by atoms with Crippen LogP contribution in [0.1, 0.15) is 25.0 Å². The van der Waals surface area contributed by atoms with Crippen LogP contribution < -0.4 is 0 Å². The number of nitrogens with zero attached hydrogens (tertiary/aromatic N) is 5. The highest BCUT2D eigenvalue weighted by molar-refractivity contribution is 6.20. The third kappa shape index (κ3) is 7.12. The Balaban J connectivity index is 0.818. The fraction of sp³-hybridized carbons (Fsp3) is 0.0380. The maximum absolute atomic E-state index is 6.51. The molecule has 6 nitrogen and oxygen atoms in total. The second kappa shape index (κ2) is 18.0. The Morgan fingerprint density at radius 2 is 0.694 bits per heavy atom.